The molecule has 1 N–H and O–H groups in total. The number of aryl methyl sites for hydroxylation is 1. The van der Waals surface area contributed by atoms with Crippen LogP contribution in [0.1, 0.15) is 59.0 Å². The van der Waals surface area contributed by atoms with Crippen molar-refractivity contribution in [3.8, 4) is 0 Å². The number of benzene rings is 1. The average Bonchev–Trinajstić information content (AvgIpc) is 3.43. The van der Waals surface area contributed by atoms with Gasteiger partial charge in [-0.2, -0.15) is 0 Å². The van der Waals surface area contributed by atoms with E-state index < -0.39 is 12.0 Å². The Labute approximate surface area is 216 Å². The van der Waals surface area contributed by atoms with Crippen molar-refractivity contribution in [2.24, 2.45) is 5.92 Å². The summed E-state index contributed by atoms with van der Waals surface area (Å²) in [6.45, 7) is 7.82. The molecule has 3 aromatic heterocycles. The number of fused-ring (bicyclic) bond motifs is 1. The fraction of sp³-hybridized carbons (Fsp3) is 0.360. The highest BCUT2D eigenvalue weighted by Crippen LogP contribution is 2.28. The summed E-state index contributed by atoms with van der Waals surface area (Å²) in [5.74, 6) is -0.456. The van der Waals surface area contributed by atoms with E-state index in [1.807, 2.05) is 37.3 Å². The third-order valence-electron chi connectivity index (χ3n) is 5.58. The summed E-state index contributed by atoms with van der Waals surface area (Å²) >= 11 is 2.44. The average molecular weight is 526 g/mol. The van der Waals surface area contributed by atoms with Gasteiger partial charge in [0, 0.05) is 6.42 Å². The molecule has 0 saturated carbocycles. The van der Waals surface area contributed by atoms with Crippen molar-refractivity contribution in [1.29, 1.82) is 0 Å². The van der Waals surface area contributed by atoms with Crippen LogP contribution in [0.25, 0.3) is 10.2 Å². The van der Waals surface area contributed by atoms with Crippen LogP contribution in [-0.4, -0.2) is 31.6 Å². The van der Waals surface area contributed by atoms with Gasteiger partial charge in [0.05, 0.1) is 11.7 Å². The van der Waals surface area contributed by atoms with Gasteiger partial charge in [0.25, 0.3) is 5.56 Å². The summed E-state index contributed by atoms with van der Waals surface area (Å²) < 4.78 is 6.76. The van der Waals surface area contributed by atoms with Gasteiger partial charge in [-0.05, 0) is 30.4 Å². The lowest BCUT2D eigenvalue weighted by Crippen LogP contribution is -2.33. The fourth-order valence-corrected chi connectivity index (χ4v) is 5.76. The van der Waals surface area contributed by atoms with E-state index in [1.165, 1.54) is 22.2 Å². The summed E-state index contributed by atoms with van der Waals surface area (Å²) in [7, 11) is 0. The molecule has 4 aromatic rings. The van der Waals surface area contributed by atoms with Gasteiger partial charge in [0.1, 0.15) is 27.4 Å². The van der Waals surface area contributed by atoms with Crippen molar-refractivity contribution in [2.75, 3.05) is 5.32 Å². The van der Waals surface area contributed by atoms with Crippen molar-refractivity contribution < 1.29 is 14.3 Å². The van der Waals surface area contributed by atoms with Crippen LogP contribution in [0.2, 0.25) is 0 Å². The summed E-state index contributed by atoms with van der Waals surface area (Å²) in [6, 6.07) is 8.58. The summed E-state index contributed by atoms with van der Waals surface area (Å²) in [4.78, 5) is 44.4. The number of esters is 1. The largest absolute Gasteiger partial charge is 0.457 e. The van der Waals surface area contributed by atoms with Crippen LogP contribution in [0.4, 0.5) is 5.13 Å². The predicted octanol–water partition coefficient (Wildman–Crippen LogP) is 4.76. The first-order valence-electron chi connectivity index (χ1n) is 11.6. The molecule has 0 aliphatic heterocycles. The Kier molecular flexibility index (Phi) is 7.90. The van der Waals surface area contributed by atoms with E-state index in [1.54, 1.807) is 6.92 Å². The molecule has 11 heteroatoms. The number of rotatable bonds is 9. The van der Waals surface area contributed by atoms with Gasteiger partial charge in [-0.1, -0.05) is 62.4 Å². The van der Waals surface area contributed by atoms with Crippen LogP contribution in [0.5, 0.6) is 0 Å². The van der Waals surface area contributed by atoms with E-state index in [0.29, 0.717) is 38.1 Å². The van der Waals surface area contributed by atoms with Crippen molar-refractivity contribution >= 4 is 49.9 Å². The quantitative estimate of drug-likeness (QED) is 0.313. The number of thiophene rings is 1. The zero-order valence-electron chi connectivity index (χ0n) is 20.5. The second-order valence-corrected chi connectivity index (χ2v) is 10.8. The normalized spacial score (nSPS) is 12.1. The van der Waals surface area contributed by atoms with Crippen LogP contribution in [0, 0.1) is 12.8 Å². The van der Waals surface area contributed by atoms with Crippen LogP contribution in [0.15, 0.2) is 41.5 Å². The number of hydrogen-bond donors (Lipinski definition) is 1. The van der Waals surface area contributed by atoms with Crippen molar-refractivity contribution in [3.63, 3.8) is 0 Å². The molecule has 188 valence electrons. The number of hydrogen-bond acceptors (Lipinski definition) is 9. The monoisotopic (exact) mass is 525 g/mol. The number of anilines is 1. The first-order valence-corrected chi connectivity index (χ1v) is 13.3. The lowest BCUT2D eigenvalue weighted by atomic mass is 10.1. The number of aromatic nitrogens is 4. The minimum atomic E-state index is -0.792. The Morgan fingerprint density at radius 3 is 2.58 bits per heavy atom. The third kappa shape index (κ3) is 5.52. The second-order valence-electron chi connectivity index (χ2n) is 8.77. The standard InChI is InChI=1S/C25H27N5O4S2/c1-5-17(21(31)27-25-29-28-18(35-25)11-14(2)3)30-13-26-22-19(23(30)32)15(4)20(36-22)24(33)34-12-16-9-7-6-8-10-16/h6-10,13-14,17H,5,11-12H2,1-4H3,(H,27,29,31). The van der Waals surface area contributed by atoms with Gasteiger partial charge >= 0.3 is 5.97 Å². The lowest BCUT2D eigenvalue weighted by molar-refractivity contribution is -0.119. The van der Waals surface area contributed by atoms with Crippen LogP contribution in [-0.2, 0) is 22.6 Å². The van der Waals surface area contributed by atoms with Crippen molar-refractivity contribution in [1.82, 2.24) is 19.7 Å². The van der Waals surface area contributed by atoms with E-state index in [-0.39, 0.29) is 18.1 Å². The topological polar surface area (TPSA) is 116 Å². The minimum absolute atomic E-state index is 0.133. The summed E-state index contributed by atoms with van der Waals surface area (Å²) in [6.07, 6.45) is 2.50. The van der Waals surface area contributed by atoms with Crippen molar-refractivity contribution in [2.45, 2.75) is 53.2 Å². The highest BCUT2D eigenvalue weighted by atomic mass is 32.1. The molecule has 0 saturated heterocycles. The van der Waals surface area contributed by atoms with Gasteiger partial charge in [0.15, 0.2) is 0 Å². The van der Waals surface area contributed by atoms with E-state index in [2.05, 4.69) is 34.3 Å². The van der Waals surface area contributed by atoms with Crippen LogP contribution >= 0.6 is 22.7 Å². The number of ether oxygens (including phenoxy) is 1. The van der Waals surface area contributed by atoms with Gasteiger partial charge < -0.3 is 4.74 Å². The Bertz CT molecular complexity index is 1440. The van der Waals surface area contributed by atoms with E-state index in [0.717, 1.165) is 28.3 Å². The molecule has 1 amide bonds. The van der Waals surface area contributed by atoms with Gasteiger partial charge in [-0.15, -0.1) is 21.5 Å². The zero-order valence-corrected chi connectivity index (χ0v) is 22.1. The maximum atomic E-state index is 13.4. The highest BCUT2D eigenvalue weighted by molar-refractivity contribution is 7.20. The molecule has 36 heavy (non-hydrogen) atoms. The summed E-state index contributed by atoms with van der Waals surface area (Å²) in [5.41, 5.74) is 0.988. The highest BCUT2D eigenvalue weighted by Gasteiger charge is 2.26. The molecule has 9 nitrogen and oxygen atoms in total. The molecule has 0 fully saturated rings. The second kappa shape index (κ2) is 11.1. The number of amides is 1. The van der Waals surface area contributed by atoms with Gasteiger partial charge in [-0.25, -0.2) is 9.78 Å². The smallest absolute Gasteiger partial charge is 0.349 e. The van der Waals surface area contributed by atoms with Crippen LogP contribution in [0.3, 0.4) is 0 Å². The number of nitrogens with one attached hydrogen (secondary N) is 1. The Balaban J connectivity index is 1.56. The molecular weight excluding hydrogens is 498 g/mol. The molecule has 0 aliphatic rings. The SMILES string of the molecule is CCC(C(=O)Nc1nnc(CC(C)C)s1)n1cnc2sc(C(=O)OCc3ccccc3)c(C)c2c1=O. The fourth-order valence-electron chi connectivity index (χ4n) is 3.78. The summed E-state index contributed by atoms with van der Waals surface area (Å²) in [5, 5.41) is 12.5. The molecule has 4 rings (SSSR count). The zero-order chi connectivity index (χ0) is 25.8. The minimum Gasteiger partial charge on any atom is -0.457 e. The van der Waals surface area contributed by atoms with E-state index >= 15 is 0 Å². The lowest BCUT2D eigenvalue weighted by Gasteiger charge is -2.16. The molecule has 0 aliphatic carbocycles. The van der Waals surface area contributed by atoms with Crippen LogP contribution < -0.4 is 10.9 Å². The van der Waals surface area contributed by atoms with Crippen molar-refractivity contribution in [3.05, 3.63) is 68.0 Å². The molecule has 1 aromatic carbocycles. The number of carbonyl (C=O) groups is 2. The molecule has 1 unspecified atom stereocenters. The Morgan fingerprint density at radius 1 is 1.14 bits per heavy atom. The molecule has 1 atom stereocenters. The number of nitrogens with zero attached hydrogens (tertiary/aromatic N) is 4. The molecular formula is C25H27N5O4S2. The first kappa shape index (κ1) is 25.6. The Morgan fingerprint density at radius 2 is 1.89 bits per heavy atom. The molecule has 0 spiro atoms. The molecule has 0 bridgehead atoms. The van der Waals surface area contributed by atoms with Gasteiger partial charge in [0.2, 0.25) is 11.0 Å². The molecule has 0 radical (unpaired) electrons. The van der Waals surface area contributed by atoms with E-state index in [4.69, 9.17) is 4.74 Å². The maximum Gasteiger partial charge on any atom is 0.349 e. The van der Waals surface area contributed by atoms with E-state index in [9.17, 15) is 14.4 Å². The predicted molar refractivity (Wildman–Crippen MR) is 141 cm³/mol. The molecule has 3 heterocycles. The Hall–Kier alpha value is -3.44. The number of carbonyl (C=O) groups excluding carboxylic acids is 2. The third-order valence-corrected chi connectivity index (χ3v) is 7.62. The van der Waals surface area contributed by atoms with Gasteiger partial charge in [-0.3, -0.25) is 19.5 Å². The maximum absolute atomic E-state index is 13.4. The first-order chi connectivity index (χ1) is 17.3.